The highest BCUT2D eigenvalue weighted by molar-refractivity contribution is 5.78. The zero-order valence-corrected chi connectivity index (χ0v) is 8.10. The minimum atomic E-state index is -0.815. The van der Waals surface area contributed by atoms with Gasteiger partial charge in [-0.15, -0.1) is 0 Å². The molecule has 0 saturated carbocycles. The molecule has 3 nitrogen and oxygen atoms in total. The number of allylic oxidation sites excluding steroid dienone is 1. The van der Waals surface area contributed by atoms with Gasteiger partial charge in [0.1, 0.15) is 0 Å². The molecule has 0 fully saturated rings. The molecule has 1 aromatic carbocycles. The maximum atomic E-state index is 10.6. The first-order valence-corrected chi connectivity index (χ1v) is 4.70. The van der Waals surface area contributed by atoms with Crippen molar-refractivity contribution in [2.75, 3.05) is 5.32 Å². The molecular weight excluding hydrogens is 190 g/mol. The predicted molar refractivity (Wildman–Crippen MR) is 59.4 cm³/mol. The molecule has 0 amide bonds. The van der Waals surface area contributed by atoms with Crippen LogP contribution in [-0.2, 0) is 4.79 Å². The molecule has 0 unspecified atom stereocenters. The Bertz CT molecular complexity index is 447. The van der Waals surface area contributed by atoms with Gasteiger partial charge in [-0.2, -0.15) is 0 Å². The van der Waals surface area contributed by atoms with Crippen molar-refractivity contribution in [1.82, 2.24) is 0 Å². The summed E-state index contributed by atoms with van der Waals surface area (Å²) in [6, 6.07) is 7.79. The molecular formula is C12H11NO2. The number of carboxylic acids is 1. The molecule has 0 bridgehead atoms. The van der Waals surface area contributed by atoms with Crippen LogP contribution in [0, 0.1) is 0 Å². The van der Waals surface area contributed by atoms with E-state index in [0.29, 0.717) is 0 Å². The number of aliphatic carboxylic acids is 1. The molecule has 0 aromatic heterocycles. The fourth-order valence-electron chi connectivity index (χ4n) is 1.53. The number of benzene rings is 1. The van der Waals surface area contributed by atoms with Gasteiger partial charge in [-0.25, -0.2) is 0 Å². The van der Waals surface area contributed by atoms with Crippen molar-refractivity contribution >= 4 is 17.7 Å². The second-order valence-electron chi connectivity index (χ2n) is 3.35. The second kappa shape index (κ2) is 4.00. The highest BCUT2D eigenvalue weighted by Crippen LogP contribution is 2.22. The third-order valence-corrected chi connectivity index (χ3v) is 2.19. The molecule has 3 heteroatoms. The van der Waals surface area contributed by atoms with Crippen LogP contribution in [0.3, 0.4) is 0 Å². The van der Waals surface area contributed by atoms with Crippen molar-refractivity contribution in [2.24, 2.45) is 0 Å². The Kier molecular flexibility index (Phi) is 2.54. The summed E-state index contributed by atoms with van der Waals surface area (Å²) < 4.78 is 0. The van der Waals surface area contributed by atoms with Crippen LogP contribution in [0.5, 0.6) is 0 Å². The largest absolute Gasteiger partial charge is 0.481 e. The van der Waals surface area contributed by atoms with Gasteiger partial charge in [0.15, 0.2) is 0 Å². The van der Waals surface area contributed by atoms with Crippen LogP contribution in [0.2, 0.25) is 0 Å². The smallest absolute Gasteiger partial charge is 0.307 e. The van der Waals surface area contributed by atoms with Gasteiger partial charge in [-0.05, 0) is 29.4 Å². The van der Waals surface area contributed by atoms with E-state index in [2.05, 4.69) is 5.32 Å². The van der Waals surface area contributed by atoms with Crippen molar-refractivity contribution in [3.05, 3.63) is 47.7 Å². The van der Waals surface area contributed by atoms with E-state index in [9.17, 15) is 4.79 Å². The molecule has 1 aliphatic rings. The number of carboxylic acid groups (broad SMARTS) is 1. The highest BCUT2D eigenvalue weighted by Gasteiger charge is 2.05. The first-order valence-electron chi connectivity index (χ1n) is 4.70. The minimum absolute atomic E-state index is 0.0481. The van der Waals surface area contributed by atoms with Gasteiger partial charge < -0.3 is 10.4 Å². The van der Waals surface area contributed by atoms with Crippen LogP contribution in [0.15, 0.2) is 42.1 Å². The Morgan fingerprint density at radius 1 is 1.33 bits per heavy atom. The van der Waals surface area contributed by atoms with Crippen LogP contribution in [-0.4, -0.2) is 11.1 Å². The van der Waals surface area contributed by atoms with Gasteiger partial charge in [0, 0.05) is 11.9 Å². The van der Waals surface area contributed by atoms with Gasteiger partial charge >= 0.3 is 5.97 Å². The molecule has 2 N–H and O–H groups in total. The molecule has 0 aliphatic carbocycles. The quantitative estimate of drug-likeness (QED) is 0.772. The molecule has 76 valence electrons. The fourth-order valence-corrected chi connectivity index (χ4v) is 1.53. The van der Waals surface area contributed by atoms with Gasteiger partial charge in [-0.1, -0.05) is 18.2 Å². The van der Waals surface area contributed by atoms with Crippen LogP contribution in [0.4, 0.5) is 5.69 Å². The first kappa shape index (κ1) is 9.52. The average molecular weight is 201 g/mol. The number of para-hydroxylation sites is 1. The van der Waals surface area contributed by atoms with Crippen LogP contribution in [0.25, 0.3) is 6.08 Å². The number of nitrogens with one attached hydrogen (secondary N) is 1. The Morgan fingerprint density at radius 2 is 2.13 bits per heavy atom. The second-order valence-corrected chi connectivity index (χ2v) is 3.35. The van der Waals surface area contributed by atoms with E-state index >= 15 is 0 Å². The SMILES string of the molecule is O=C(O)CC1=Cc2ccccc2NC=C1. The molecule has 2 rings (SSSR count). The van der Waals surface area contributed by atoms with Crippen LogP contribution in [0.1, 0.15) is 12.0 Å². The van der Waals surface area contributed by atoms with E-state index in [4.69, 9.17) is 5.11 Å². The number of hydrogen-bond donors (Lipinski definition) is 2. The standard InChI is InChI=1S/C12H11NO2/c14-12(15)8-9-5-6-13-11-4-2-1-3-10(11)7-9/h1-7,13H,8H2,(H,14,15). The Morgan fingerprint density at radius 3 is 2.93 bits per heavy atom. The fraction of sp³-hybridized carbons (Fsp3) is 0.0833. The normalized spacial score (nSPS) is 13.5. The Balaban J connectivity index is 2.35. The molecule has 0 atom stereocenters. The maximum Gasteiger partial charge on any atom is 0.307 e. The van der Waals surface area contributed by atoms with E-state index in [-0.39, 0.29) is 6.42 Å². The van der Waals surface area contributed by atoms with Crippen molar-refractivity contribution in [3.8, 4) is 0 Å². The van der Waals surface area contributed by atoms with E-state index in [0.717, 1.165) is 16.8 Å². The number of anilines is 1. The lowest BCUT2D eigenvalue weighted by Gasteiger charge is -2.02. The number of carbonyl (C=O) groups is 1. The third-order valence-electron chi connectivity index (χ3n) is 2.19. The molecule has 1 aliphatic heterocycles. The zero-order chi connectivity index (χ0) is 10.7. The maximum absolute atomic E-state index is 10.6. The summed E-state index contributed by atoms with van der Waals surface area (Å²) in [6.07, 6.45) is 5.49. The summed E-state index contributed by atoms with van der Waals surface area (Å²) in [5.74, 6) is -0.815. The van der Waals surface area contributed by atoms with Gasteiger partial charge in [0.2, 0.25) is 0 Å². The van der Waals surface area contributed by atoms with Crippen molar-refractivity contribution < 1.29 is 9.90 Å². The van der Waals surface area contributed by atoms with Crippen molar-refractivity contribution in [1.29, 1.82) is 0 Å². The zero-order valence-electron chi connectivity index (χ0n) is 8.10. The lowest BCUT2D eigenvalue weighted by molar-refractivity contribution is -0.136. The van der Waals surface area contributed by atoms with Crippen molar-refractivity contribution in [3.63, 3.8) is 0 Å². The van der Waals surface area contributed by atoms with E-state index < -0.39 is 5.97 Å². The molecule has 15 heavy (non-hydrogen) atoms. The summed E-state index contributed by atoms with van der Waals surface area (Å²) in [4.78, 5) is 10.6. The number of fused-ring (bicyclic) bond motifs is 1. The predicted octanol–water partition coefficient (Wildman–Crippen LogP) is 2.48. The van der Waals surface area contributed by atoms with Gasteiger partial charge in [-0.3, -0.25) is 4.79 Å². The lowest BCUT2D eigenvalue weighted by Crippen LogP contribution is -1.95. The summed E-state index contributed by atoms with van der Waals surface area (Å²) >= 11 is 0. The molecule has 1 aromatic rings. The highest BCUT2D eigenvalue weighted by atomic mass is 16.4. The molecule has 0 saturated heterocycles. The minimum Gasteiger partial charge on any atom is -0.481 e. The third kappa shape index (κ3) is 2.26. The number of rotatable bonds is 2. The summed E-state index contributed by atoms with van der Waals surface area (Å²) in [5, 5.41) is 11.8. The van der Waals surface area contributed by atoms with E-state index in [1.54, 1.807) is 12.3 Å². The Labute approximate surface area is 87.7 Å². The van der Waals surface area contributed by atoms with Crippen LogP contribution < -0.4 is 5.32 Å². The summed E-state index contributed by atoms with van der Waals surface area (Å²) in [6.45, 7) is 0. The Hall–Kier alpha value is -2.03. The molecule has 0 radical (unpaired) electrons. The monoisotopic (exact) mass is 201 g/mol. The van der Waals surface area contributed by atoms with Gasteiger partial charge in [0.05, 0.1) is 6.42 Å². The summed E-state index contributed by atoms with van der Waals surface area (Å²) in [7, 11) is 0. The van der Waals surface area contributed by atoms with E-state index in [1.165, 1.54) is 0 Å². The topological polar surface area (TPSA) is 49.3 Å². The van der Waals surface area contributed by atoms with Crippen LogP contribution >= 0.6 is 0 Å². The average Bonchev–Trinajstić information content (AvgIpc) is 2.38. The van der Waals surface area contributed by atoms with Gasteiger partial charge in [0.25, 0.3) is 0 Å². The first-order chi connectivity index (χ1) is 7.25. The summed E-state index contributed by atoms with van der Waals surface area (Å²) in [5.41, 5.74) is 2.80. The number of hydrogen-bond acceptors (Lipinski definition) is 2. The van der Waals surface area contributed by atoms with Crippen molar-refractivity contribution in [2.45, 2.75) is 6.42 Å². The lowest BCUT2D eigenvalue weighted by atomic mass is 10.1. The van der Waals surface area contributed by atoms with E-state index in [1.807, 2.05) is 30.3 Å². The molecule has 0 spiro atoms. The molecule has 1 heterocycles.